The highest BCUT2D eigenvalue weighted by Crippen LogP contribution is 2.28. The molecule has 0 aliphatic carbocycles. The van der Waals surface area contributed by atoms with E-state index < -0.39 is 0 Å². The molecule has 0 spiro atoms. The van der Waals surface area contributed by atoms with Crippen LogP contribution in [0.2, 0.25) is 0 Å². The predicted molar refractivity (Wildman–Crippen MR) is 102 cm³/mol. The number of aryl methyl sites for hydroxylation is 1. The van der Waals surface area contributed by atoms with E-state index >= 15 is 0 Å². The molecule has 0 saturated carbocycles. The molecule has 6 heteroatoms. The number of methoxy groups -OCH3 is 1. The van der Waals surface area contributed by atoms with Gasteiger partial charge in [-0.15, -0.1) is 0 Å². The van der Waals surface area contributed by atoms with Crippen molar-refractivity contribution in [2.24, 2.45) is 0 Å². The molecule has 6 nitrogen and oxygen atoms in total. The second kappa shape index (κ2) is 8.27. The van der Waals surface area contributed by atoms with E-state index in [0.29, 0.717) is 13.1 Å². The van der Waals surface area contributed by atoms with Crippen molar-refractivity contribution < 1.29 is 13.9 Å². The lowest BCUT2D eigenvalue weighted by Gasteiger charge is -2.37. The molecule has 1 aromatic heterocycles. The van der Waals surface area contributed by atoms with Crippen LogP contribution in [-0.2, 0) is 11.3 Å². The van der Waals surface area contributed by atoms with Gasteiger partial charge in [0.05, 0.1) is 25.9 Å². The molecule has 1 saturated heterocycles. The number of hydrogen-bond acceptors (Lipinski definition) is 5. The maximum Gasteiger partial charge on any atom is 0.236 e. The lowest BCUT2D eigenvalue weighted by atomic mass is 10.2. The van der Waals surface area contributed by atoms with Crippen molar-refractivity contribution in [2.75, 3.05) is 51.8 Å². The summed E-state index contributed by atoms with van der Waals surface area (Å²) in [4.78, 5) is 18.8. The molecule has 2 aromatic rings. The van der Waals surface area contributed by atoms with E-state index in [9.17, 15) is 4.79 Å². The lowest BCUT2D eigenvalue weighted by Crippen LogP contribution is -2.51. The molecule has 1 amide bonds. The van der Waals surface area contributed by atoms with Crippen LogP contribution in [0.15, 0.2) is 40.8 Å². The van der Waals surface area contributed by atoms with Crippen LogP contribution in [0.4, 0.5) is 5.69 Å². The van der Waals surface area contributed by atoms with Crippen molar-refractivity contribution in [1.29, 1.82) is 0 Å². The Morgan fingerprint density at radius 3 is 2.54 bits per heavy atom. The first-order chi connectivity index (χ1) is 12.6. The predicted octanol–water partition coefficient (Wildman–Crippen LogP) is 2.38. The molecule has 140 valence electrons. The first-order valence-electron chi connectivity index (χ1n) is 8.96. The highest BCUT2D eigenvalue weighted by molar-refractivity contribution is 5.78. The van der Waals surface area contributed by atoms with Crippen LogP contribution in [0.1, 0.15) is 11.5 Å². The maximum atomic E-state index is 12.6. The smallest absolute Gasteiger partial charge is 0.236 e. The molecule has 3 rings (SSSR count). The zero-order valence-electron chi connectivity index (χ0n) is 15.8. The standard InChI is InChI=1S/C20H27N3O3/c1-16-8-9-17(26-16)14-21(2)15-20(24)23-12-10-22(11-13-23)18-6-4-5-7-19(18)25-3/h4-9H,10-15H2,1-3H3. The Morgan fingerprint density at radius 2 is 1.88 bits per heavy atom. The van der Waals surface area contributed by atoms with E-state index in [1.165, 1.54) is 0 Å². The van der Waals surface area contributed by atoms with E-state index in [2.05, 4.69) is 11.0 Å². The number of likely N-dealkylation sites (N-methyl/N-ethyl adjacent to an activating group) is 1. The molecule has 0 radical (unpaired) electrons. The summed E-state index contributed by atoms with van der Waals surface area (Å²) in [7, 11) is 3.63. The molecule has 0 unspecified atom stereocenters. The molecule has 1 aromatic carbocycles. The Hall–Kier alpha value is -2.47. The van der Waals surface area contributed by atoms with Crippen LogP contribution in [0.3, 0.4) is 0 Å². The fourth-order valence-corrected chi connectivity index (χ4v) is 3.31. The largest absolute Gasteiger partial charge is 0.495 e. The van der Waals surface area contributed by atoms with Gasteiger partial charge in [0.1, 0.15) is 17.3 Å². The Bertz CT molecular complexity index is 735. The summed E-state index contributed by atoms with van der Waals surface area (Å²) in [6.45, 7) is 6.04. The van der Waals surface area contributed by atoms with Gasteiger partial charge in [-0.05, 0) is 38.2 Å². The quantitative estimate of drug-likeness (QED) is 0.794. The number of carbonyl (C=O) groups is 1. The molecule has 2 heterocycles. The van der Waals surface area contributed by atoms with Gasteiger partial charge in [0.15, 0.2) is 0 Å². The van der Waals surface area contributed by atoms with Crippen LogP contribution >= 0.6 is 0 Å². The van der Waals surface area contributed by atoms with Gasteiger partial charge in [-0.25, -0.2) is 0 Å². The van der Waals surface area contributed by atoms with Crippen LogP contribution in [-0.4, -0.2) is 62.6 Å². The van der Waals surface area contributed by atoms with Crippen molar-refractivity contribution in [1.82, 2.24) is 9.80 Å². The van der Waals surface area contributed by atoms with Gasteiger partial charge in [-0.1, -0.05) is 12.1 Å². The zero-order valence-corrected chi connectivity index (χ0v) is 15.8. The number of rotatable bonds is 6. The minimum Gasteiger partial charge on any atom is -0.495 e. The van der Waals surface area contributed by atoms with Crippen LogP contribution in [0.25, 0.3) is 0 Å². The fraction of sp³-hybridized carbons (Fsp3) is 0.450. The van der Waals surface area contributed by atoms with Crippen molar-refractivity contribution in [3.8, 4) is 5.75 Å². The lowest BCUT2D eigenvalue weighted by molar-refractivity contribution is -0.132. The molecule has 1 aliphatic heterocycles. The number of benzene rings is 1. The number of piperazine rings is 1. The van der Waals surface area contributed by atoms with Crippen LogP contribution < -0.4 is 9.64 Å². The zero-order chi connectivity index (χ0) is 18.5. The highest BCUT2D eigenvalue weighted by Gasteiger charge is 2.23. The van der Waals surface area contributed by atoms with Gasteiger partial charge in [0.25, 0.3) is 0 Å². The third-order valence-electron chi connectivity index (χ3n) is 4.69. The van der Waals surface area contributed by atoms with Gasteiger partial charge in [0, 0.05) is 26.2 Å². The Morgan fingerprint density at radius 1 is 1.15 bits per heavy atom. The normalized spacial score (nSPS) is 14.8. The number of furan rings is 1. The molecular weight excluding hydrogens is 330 g/mol. The third kappa shape index (κ3) is 4.38. The number of anilines is 1. The second-order valence-electron chi connectivity index (χ2n) is 6.72. The van der Waals surface area contributed by atoms with Crippen molar-refractivity contribution >= 4 is 11.6 Å². The molecule has 1 aliphatic rings. The van der Waals surface area contributed by atoms with Crippen molar-refractivity contribution in [3.05, 3.63) is 47.9 Å². The van der Waals surface area contributed by atoms with Crippen molar-refractivity contribution in [3.63, 3.8) is 0 Å². The van der Waals surface area contributed by atoms with Gasteiger partial charge >= 0.3 is 0 Å². The van der Waals surface area contributed by atoms with Gasteiger partial charge in [-0.3, -0.25) is 9.69 Å². The number of amides is 1. The van der Waals surface area contributed by atoms with E-state index in [-0.39, 0.29) is 5.91 Å². The van der Waals surface area contributed by atoms with Crippen LogP contribution in [0.5, 0.6) is 5.75 Å². The summed E-state index contributed by atoms with van der Waals surface area (Å²) in [5, 5.41) is 0. The summed E-state index contributed by atoms with van der Waals surface area (Å²) < 4.78 is 11.0. The molecule has 26 heavy (non-hydrogen) atoms. The van der Waals surface area contributed by atoms with E-state index in [1.54, 1.807) is 7.11 Å². The fourth-order valence-electron chi connectivity index (χ4n) is 3.31. The number of carbonyl (C=O) groups excluding carboxylic acids is 1. The molecule has 0 bridgehead atoms. The average molecular weight is 357 g/mol. The highest BCUT2D eigenvalue weighted by atomic mass is 16.5. The first kappa shape index (κ1) is 18.3. The molecule has 1 fully saturated rings. The van der Waals surface area contributed by atoms with Crippen molar-refractivity contribution in [2.45, 2.75) is 13.5 Å². The second-order valence-corrected chi connectivity index (χ2v) is 6.72. The Labute approximate surface area is 154 Å². The number of ether oxygens (including phenoxy) is 1. The summed E-state index contributed by atoms with van der Waals surface area (Å²) in [5.41, 5.74) is 1.09. The summed E-state index contributed by atoms with van der Waals surface area (Å²) >= 11 is 0. The number of nitrogens with zero attached hydrogens (tertiary/aromatic N) is 3. The van der Waals surface area contributed by atoms with E-state index in [4.69, 9.17) is 9.15 Å². The first-order valence-corrected chi connectivity index (χ1v) is 8.96. The topological polar surface area (TPSA) is 49.2 Å². The Balaban J connectivity index is 1.50. The minimum absolute atomic E-state index is 0.162. The third-order valence-corrected chi connectivity index (χ3v) is 4.69. The molecular formula is C20H27N3O3. The molecule has 0 atom stereocenters. The summed E-state index contributed by atoms with van der Waals surface area (Å²) in [6.07, 6.45) is 0. The van der Waals surface area contributed by atoms with Gasteiger partial charge in [0.2, 0.25) is 5.91 Å². The summed E-state index contributed by atoms with van der Waals surface area (Å²) in [5.74, 6) is 2.82. The number of hydrogen-bond donors (Lipinski definition) is 0. The SMILES string of the molecule is COc1ccccc1N1CCN(C(=O)CN(C)Cc2ccc(C)o2)CC1. The number of para-hydroxylation sites is 2. The average Bonchev–Trinajstić information content (AvgIpc) is 3.06. The Kier molecular flexibility index (Phi) is 5.83. The van der Waals surface area contributed by atoms with E-state index in [1.807, 2.05) is 54.1 Å². The van der Waals surface area contributed by atoms with E-state index in [0.717, 1.165) is 49.1 Å². The van der Waals surface area contributed by atoms with Gasteiger partial charge in [-0.2, -0.15) is 0 Å². The van der Waals surface area contributed by atoms with Gasteiger partial charge < -0.3 is 19.0 Å². The van der Waals surface area contributed by atoms with Crippen LogP contribution in [0, 0.1) is 6.92 Å². The molecule has 0 N–H and O–H groups in total. The summed E-state index contributed by atoms with van der Waals surface area (Å²) in [6, 6.07) is 11.9. The minimum atomic E-state index is 0.162. The maximum absolute atomic E-state index is 12.6. The monoisotopic (exact) mass is 357 g/mol.